The molecule has 0 N–H and O–H groups in total. The first-order valence-electron chi connectivity index (χ1n) is 10.5. The summed E-state index contributed by atoms with van der Waals surface area (Å²) < 4.78 is 5.78. The molecule has 0 radical (unpaired) electrons. The van der Waals surface area contributed by atoms with Crippen LogP contribution in [0.4, 0.5) is 0 Å². The molecule has 0 aliphatic rings. The summed E-state index contributed by atoms with van der Waals surface area (Å²) in [5, 5.41) is 0. The number of unbranched alkanes of at least 4 members (excludes halogenated alkanes) is 6. The molecular formula is C22H44O2. The van der Waals surface area contributed by atoms with Crippen molar-refractivity contribution in [1.29, 1.82) is 0 Å². The molecule has 0 aliphatic carbocycles. The van der Waals surface area contributed by atoms with Crippen LogP contribution in [-0.4, -0.2) is 12.1 Å². The highest BCUT2D eigenvalue weighted by Gasteiger charge is 2.20. The van der Waals surface area contributed by atoms with Gasteiger partial charge in [-0.1, -0.05) is 86.5 Å². The van der Waals surface area contributed by atoms with Gasteiger partial charge in [0.2, 0.25) is 0 Å². The fourth-order valence-electron chi connectivity index (χ4n) is 3.55. The monoisotopic (exact) mass is 340 g/mol. The van der Waals surface area contributed by atoms with Crippen molar-refractivity contribution in [2.75, 3.05) is 0 Å². The van der Waals surface area contributed by atoms with Gasteiger partial charge in [-0.15, -0.1) is 0 Å². The summed E-state index contributed by atoms with van der Waals surface area (Å²) in [6.45, 7) is 13.3. The minimum Gasteiger partial charge on any atom is -0.462 e. The Labute approximate surface area is 152 Å². The normalized spacial score (nSPS) is 14.4. The summed E-state index contributed by atoms with van der Waals surface area (Å²) >= 11 is 0. The standard InChI is InChI=1S/C22H44O2/c1-7-9-10-11-12-13-14-16-20(15-8-2)24-21(23)17-19(3)18-22(4,5)6/h19-20H,7-18H2,1-6H3. The quantitative estimate of drug-likeness (QED) is 0.245. The van der Waals surface area contributed by atoms with E-state index in [0.29, 0.717) is 12.3 Å². The molecule has 0 aromatic heterocycles. The van der Waals surface area contributed by atoms with Crippen LogP contribution in [0.2, 0.25) is 0 Å². The molecule has 0 spiro atoms. The van der Waals surface area contributed by atoms with Crippen LogP contribution in [0.25, 0.3) is 0 Å². The molecule has 0 saturated carbocycles. The molecule has 2 nitrogen and oxygen atoms in total. The summed E-state index contributed by atoms with van der Waals surface area (Å²) in [7, 11) is 0. The Morgan fingerprint density at radius 3 is 2.00 bits per heavy atom. The predicted octanol–water partition coefficient (Wildman–Crippen LogP) is 7.30. The molecule has 0 bridgehead atoms. The molecule has 0 rings (SSSR count). The van der Waals surface area contributed by atoms with Crippen molar-refractivity contribution >= 4 is 5.97 Å². The van der Waals surface area contributed by atoms with Crippen LogP contribution >= 0.6 is 0 Å². The maximum Gasteiger partial charge on any atom is 0.306 e. The van der Waals surface area contributed by atoms with E-state index in [1.54, 1.807) is 0 Å². The third-order valence-electron chi connectivity index (χ3n) is 4.51. The second-order valence-corrected chi connectivity index (χ2v) is 8.88. The fraction of sp³-hybridized carbons (Fsp3) is 0.955. The van der Waals surface area contributed by atoms with Crippen molar-refractivity contribution < 1.29 is 9.53 Å². The Hall–Kier alpha value is -0.530. The highest BCUT2D eigenvalue weighted by atomic mass is 16.5. The SMILES string of the molecule is CCCCCCCCCC(CCC)OC(=O)CC(C)CC(C)(C)C. The van der Waals surface area contributed by atoms with Crippen LogP contribution in [0.5, 0.6) is 0 Å². The summed E-state index contributed by atoms with van der Waals surface area (Å²) in [5.74, 6) is 0.409. The number of esters is 1. The molecular weight excluding hydrogens is 296 g/mol. The first kappa shape index (κ1) is 23.5. The summed E-state index contributed by atoms with van der Waals surface area (Å²) in [4.78, 5) is 12.2. The van der Waals surface area contributed by atoms with Gasteiger partial charge in [-0.25, -0.2) is 0 Å². The van der Waals surface area contributed by atoms with E-state index >= 15 is 0 Å². The van der Waals surface area contributed by atoms with Crippen molar-refractivity contribution in [3.8, 4) is 0 Å². The highest BCUT2D eigenvalue weighted by molar-refractivity contribution is 5.69. The molecule has 0 saturated heterocycles. The van der Waals surface area contributed by atoms with Gasteiger partial charge in [-0.05, 0) is 37.0 Å². The van der Waals surface area contributed by atoms with E-state index in [1.807, 2.05) is 0 Å². The van der Waals surface area contributed by atoms with Crippen LogP contribution in [0.3, 0.4) is 0 Å². The van der Waals surface area contributed by atoms with Crippen molar-refractivity contribution in [3.05, 3.63) is 0 Å². The van der Waals surface area contributed by atoms with Crippen molar-refractivity contribution in [2.45, 2.75) is 125 Å². The van der Waals surface area contributed by atoms with Gasteiger partial charge in [-0.3, -0.25) is 4.79 Å². The van der Waals surface area contributed by atoms with E-state index in [-0.39, 0.29) is 17.5 Å². The zero-order chi connectivity index (χ0) is 18.4. The maximum atomic E-state index is 12.2. The molecule has 144 valence electrons. The average molecular weight is 341 g/mol. The first-order chi connectivity index (χ1) is 11.3. The van der Waals surface area contributed by atoms with Crippen LogP contribution < -0.4 is 0 Å². The lowest BCUT2D eigenvalue weighted by Crippen LogP contribution is -2.21. The Bertz CT molecular complexity index is 304. The Balaban J connectivity index is 3.98. The number of carbonyl (C=O) groups is 1. The van der Waals surface area contributed by atoms with Crippen molar-refractivity contribution in [1.82, 2.24) is 0 Å². The van der Waals surface area contributed by atoms with Gasteiger partial charge in [0.05, 0.1) is 0 Å². The van der Waals surface area contributed by atoms with Gasteiger partial charge in [0.1, 0.15) is 6.10 Å². The second-order valence-electron chi connectivity index (χ2n) is 8.88. The van der Waals surface area contributed by atoms with Crippen molar-refractivity contribution in [3.63, 3.8) is 0 Å². The summed E-state index contributed by atoms with van der Waals surface area (Å²) in [5.41, 5.74) is 0.278. The van der Waals surface area contributed by atoms with Crippen LogP contribution in [0.15, 0.2) is 0 Å². The second kappa shape index (κ2) is 13.7. The van der Waals surface area contributed by atoms with Gasteiger partial charge in [0.15, 0.2) is 0 Å². The average Bonchev–Trinajstić information content (AvgIpc) is 2.44. The molecule has 0 aromatic carbocycles. The molecule has 2 atom stereocenters. The predicted molar refractivity (Wildman–Crippen MR) is 105 cm³/mol. The van der Waals surface area contributed by atoms with Gasteiger partial charge >= 0.3 is 5.97 Å². The molecule has 24 heavy (non-hydrogen) atoms. The number of rotatable bonds is 14. The van der Waals surface area contributed by atoms with Crippen LogP contribution in [-0.2, 0) is 9.53 Å². The summed E-state index contributed by atoms with van der Waals surface area (Å²) in [6, 6.07) is 0. The van der Waals surface area contributed by atoms with Gasteiger partial charge in [-0.2, -0.15) is 0 Å². The molecule has 0 aromatic rings. The largest absolute Gasteiger partial charge is 0.462 e. The van der Waals surface area contributed by atoms with Gasteiger partial charge in [0.25, 0.3) is 0 Å². The van der Waals surface area contributed by atoms with Gasteiger partial charge < -0.3 is 4.74 Å². The van der Waals surface area contributed by atoms with Crippen molar-refractivity contribution in [2.24, 2.45) is 11.3 Å². The van der Waals surface area contributed by atoms with Crippen LogP contribution in [0.1, 0.15) is 119 Å². The smallest absolute Gasteiger partial charge is 0.306 e. The van der Waals surface area contributed by atoms with E-state index in [9.17, 15) is 4.79 Å². The van der Waals surface area contributed by atoms with E-state index in [1.165, 1.54) is 44.9 Å². The number of carbonyl (C=O) groups excluding carboxylic acids is 1. The molecule has 0 aliphatic heterocycles. The van der Waals surface area contributed by atoms with Crippen LogP contribution in [0, 0.1) is 11.3 Å². The zero-order valence-electron chi connectivity index (χ0n) is 17.5. The number of hydrogen-bond donors (Lipinski definition) is 0. The molecule has 2 unspecified atom stereocenters. The fourth-order valence-corrected chi connectivity index (χ4v) is 3.55. The minimum absolute atomic E-state index is 0.00754. The molecule has 0 amide bonds. The lowest BCUT2D eigenvalue weighted by atomic mass is 9.84. The third-order valence-corrected chi connectivity index (χ3v) is 4.51. The van der Waals surface area contributed by atoms with E-state index in [2.05, 4.69) is 41.5 Å². The Kier molecular flexibility index (Phi) is 13.4. The lowest BCUT2D eigenvalue weighted by Gasteiger charge is -2.24. The number of hydrogen-bond acceptors (Lipinski definition) is 2. The minimum atomic E-state index is 0.00754. The topological polar surface area (TPSA) is 26.3 Å². The van der Waals surface area contributed by atoms with E-state index in [0.717, 1.165) is 25.7 Å². The maximum absolute atomic E-state index is 12.2. The third kappa shape index (κ3) is 15.0. The lowest BCUT2D eigenvalue weighted by molar-refractivity contribution is -0.151. The zero-order valence-corrected chi connectivity index (χ0v) is 17.5. The molecule has 0 fully saturated rings. The Morgan fingerprint density at radius 2 is 1.46 bits per heavy atom. The molecule has 2 heteroatoms. The summed E-state index contributed by atoms with van der Waals surface area (Å²) in [6.07, 6.45) is 14.1. The Morgan fingerprint density at radius 1 is 0.875 bits per heavy atom. The highest BCUT2D eigenvalue weighted by Crippen LogP contribution is 2.26. The molecule has 0 heterocycles. The van der Waals surface area contributed by atoms with E-state index < -0.39 is 0 Å². The first-order valence-corrected chi connectivity index (χ1v) is 10.5. The van der Waals surface area contributed by atoms with E-state index in [4.69, 9.17) is 4.74 Å². The number of ether oxygens (including phenoxy) is 1. The van der Waals surface area contributed by atoms with Gasteiger partial charge in [0, 0.05) is 6.42 Å².